The fraction of sp³-hybridized carbons (Fsp3) is 0.750. The molecule has 140 valence electrons. The van der Waals surface area contributed by atoms with E-state index in [-0.39, 0.29) is 30.5 Å². The first-order valence-electron chi connectivity index (χ1n) is 9.26. The van der Waals surface area contributed by atoms with Crippen molar-refractivity contribution in [1.29, 1.82) is 0 Å². The van der Waals surface area contributed by atoms with Gasteiger partial charge in [-0.2, -0.15) is 0 Å². The van der Waals surface area contributed by atoms with E-state index in [2.05, 4.69) is 13.5 Å². The number of hydrogen-bond donors (Lipinski definition) is 3. The molecule has 0 aromatic carbocycles. The number of carbonyl (C=O) groups is 1. The molecule has 5 unspecified atom stereocenters. The third-order valence-electron chi connectivity index (χ3n) is 7.23. The molecule has 3 N–H and O–H groups in total. The van der Waals surface area contributed by atoms with E-state index >= 15 is 0 Å². The monoisotopic (exact) mass is 350 g/mol. The fourth-order valence-electron chi connectivity index (χ4n) is 5.56. The van der Waals surface area contributed by atoms with Gasteiger partial charge < -0.3 is 20.1 Å². The Labute approximate surface area is 149 Å². The molecule has 1 aliphatic heterocycles. The molecule has 2 saturated carbocycles. The van der Waals surface area contributed by atoms with E-state index in [0.717, 1.165) is 24.8 Å². The fourth-order valence-corrected chi connectivity index (χ4v) is 5.56. The zero-order chi connectivity index (χ0) is 18.4. The van der Waals surface area contributed by atoms with Gasteiger partial charge in [-0.05, 0) is 49.4 Å². The maximum atomic E-state index is 11.8. The van der Waals surface area contributed by atoms with Crippen LogP contribution >= 0.6 is 0 Å². The van der Waals surface area contributed by atoms with Gasteiger partial charge in [-0.15, -0.1) is 0 Å². The van der Waals surface area contributed by atoms with E-state index < -0.39 is 23.6 Å². The van der Waals surface area contributed by atoms with Gasteiger partial charge in [0.15, 0.2) is 0 Å². The van der Waals surface area contributed by atoms with Crippen molar-refractivity contribution < 1.29 is 24.9 Å². The van der Waals surface area contributed by atoms with Crippen molar-refractivity contribution in [3.05, 3.63) is 23.8 Å². The van der Waals surface area contributed by atoms with E-state index in [4.69, 9.17) is 4.74 Å². The van der Waals surface area contributed by atoms with E-state index in [9.17, 15) is 20.1 Å². The minimum absolute atomic E-state index is 0.0280. The van der Waals surface area contributed by atoms with Crippen LogP contribution in [0.1, 0.15) is 46.0 Å². The number of rotatable bonds is 3. The molecule has 3 rings (SSSR count). The Kier molecular flexibility index (Phi) is 4.86. The third-order valence-corrected chi connectivity index (χ3v) is 7.23. The maximum Gasteiger partial charge on any atom is 0.336 e. The lowest BCUT2D eigenvalue weighted by molar-refractivity contribution is -0.151. The van der Waals surface area contributed by atoms with Crippen molar-refractivity contribution in [2.45, 2.75) is 58.2 Å². The van der Waals surface area contributed by atoms with Gasteiger partial charge in [0.2, 0.25) is 0 Å². The number of aliphatic hydroxyl groups excluding tert-OH is 3. The number of ether oxygens (including phenoxy) is 1. The minimum Gasteiger partial charge on any atom is -0.459 e. The van der Waals surface area contributed by atoms with Gasteiger partial charge in [-0.25, -0.2) is 4.79 Å². The van der Waals surface area contributed by atoms with Crippen molar-refractivity contribution >= 4 is 5.97 Å². The molecule has 3 fully saturated rings. The number of hydrogen-bond acceptors (Lipinski definition) is 5. The van der Waals surface area contributed by atoms with Crippen LogP contribution in [0.4, 0.5) is 0 Å². The van der Waals surface area contributed by atoms with Gasteiger partial charge in [0.1, 0.15) is 12.7 Å². The molecule has 3 aliphatic rings. The van der Waals surface area contributed by atoms with Gasteiger partial charge in [0, 0.05) is 5.41 Å². The number of carbonyl (C=O) groups excluding carboxylic acids is 1. The van der Waals surface area contributed by atoms with Crippen molar-refractivity contribution in [3.63, 3.8) is 0 Å². The first-order valence-corrected chi connectivity index (χ1v) is 9.26. The molecule has 0 bridgehead atoms. The Balaban J connectivity index is 1.89. The summed E-state index contributed by atoms with van der Waals surface area (Å²) >= 11 is 0. The van der Waals surface area contributed by atoms with Crippen molar-refractivity contribution in [3.8, 4) is 0 Å². The van der Waals surface area contributed by atoms with Crippen molar-refractivity contribution in [2.24, 2.45) is 22.7 Å². The molecule has 0 spiro atoms. The minimum atomic E-state index is -0.844. The summed E-state index contributed by atoms with van der Waals surface area (Å²) in [4.78, 5) is 11.8. The Bertz CT molecular complexity index is 597. The summed E-state index contributed by atoms with van der Waals surface area (Å²) in [7, 11) is 0. The van der Waals surface area contributed by atoms with Crippen molar-refractivity contribution in [1.82, 2.24) is 0 Å². The first-order chi connectivity index (χ1) is 11.7. The third kappa shape index (κ3) is 2.86. The van der Waals surface area contributed by atoms with E-state index in [1.54, 1.807) is 0 Å². The molecular weight excluding hydrogens is 320 g/mol. The number of fused-ring (bicyclic) bond motifs is 1. The zero-order valence-electron chi connectivity index (χ0n) is 15.2. The lowest BCUT2D eigenvalue weighted by Crippen LogP contribution is -2.57. The van der Waals surface area contributed by atoms with E-state index in [1.807, 2.05) is 13.0 Å². The topological polar surface area (TPSA) is 87.0 Å². The summed E-state index contributed by atoms with van der Waals surface area (Å²) in [6.45, 7) is 8.50. The highest BCUT2D eigenvalue weighted by Crippen LogP contribution is 2.61. The van der Waals surface area contributed by atoms with Crippen LogP contribution in [-0.4, -0.2) is 46.7 Å². The van der Waals surface area contributed by atoms with E-state index in [1.165, 1.54) is 0 Å². The number of cyclic esters (lactones) is 1. The van der Waals surface area contributed by atoms with E-state index in [0.29, 0.717) is 18.4 Å². The molecule has 0 radical (unpaired) electrons. The summed E-state index contributed by atoms with van der Waals surface area (Å²) in [5, 5.41) is 30.4. The van der Waals surface area contributed by atoms with Crippen LogP contribution in [0.3, 0.4) is 0 Å². The summed E-state index contributed by atoms with van der Waals surface area (Å²) in [6.07, 6.45) is 4.42. The van der Waals surface area contributed by atoms with Crippen LogP contribution in [0, 0.1) is 22.7 Å². The second kappa shape index (κ2) is 6.53. The Morgan fingerprint density at radius 3 is 2.64 bits per heavy atom. The first kappa shape index (κ1) is 18.6. The molecule has 5 heteroatoms. The normalized spacial score (nSPS) is 46.2. The molecule has 2 aliphatic carbocycles. The average Bonchev–Trinajstić information content (AvgIpc) is 2.89. The molecular formula is C20H30O5. The van der Waals surface area contributed by atoms with Gasteiger partial charge >= 0.3 is 5.97 Å². The molecule has 1 saturated heterocycles. The Morgan fingerprint density at radius 2 is 2.04 bits per heavy atom. The highest BCUT2D eigenvalue weighted by molar-refractivity contribution is 5.91. The number of allylic oxidation sites excluding steroid dienone is 2. The van der Waals surface area contributed by atoms with Crippen molar-refractivity contribution in [2.75, 3.05) is 13.2 Å². The van der Waals surface area contributed by atoms with Gasteiger partial charge in [0.25, 0.3) is 0 Å². The molecule has 25 heavy (non-hydrogen) atoms. The van der Waals surface area contributed by atoms with Crippen LogP contribution in [0.25, 0.3) is 0 Å². The SMILES string of the molecule is C=C1CCC2C(C)(CO)C(O)CC[C@]2(C)C1C/C=C1/C(=O)OCC1O. The zero-order valence-corrected chi connectivity index (χ0v) is 15.2. The molecule has 6 atom stereocenters. The van der Waals surface area contributed by atoms with Crippen LogP contribution in [0.5, 0.6) is 0 Å². The highest BCUT2D eigenvalue weighted by Gasteiger charge is 2.57. The second-order valence-corrected chi connectivity index (χ2v) is 8.54. The van der Waals surface area contributed by atoms with Gasteiger partial charge in [-0.1, -0.05) is 32.1 Å². The lowest BCUT2D eigenvalue weighted by atomic mass is 9.46. The average molecular weight is 350 g/mol. The molecule has 0 aromatic rings. The standard InChI is InChI=1S/C20H30O5/c1-12-4-7-16-19(2,9-8-17(23)20(16,3)11-21)14(12)6-5-13-15(22)10-25-18(13)24/h5,14-17,21-23H,1,4,6-11H2,2-3H3/b13-5+/t14?,15?,16?,17?,19-,20?/m1/s1. The largest absolute Gasteiger partial charge is 0.459 e. The highest BCUT2D eigenvalue weighted by atomic mass is 16.6. The summed E-state index contributed by atoms with van der Waals surface area (Å²) in [5.41, 5.74) is 0.911. The van der Waals surface area contributed by atoms with Crippen LogP contribution < -0.4 is 0 Å². The molecule has 5 nitrogen and oxygen atoms in total. The molecule has 0 aromatic heterocycles. The van der Waals surface area contributed by atoms with Crippen LogP contribution in [0.15, 0.2) is 23.8 Å². The second-order valence-electron chi connectivity index (χ2n) is 8.54. The van der Waals surface area contributed by atoms with Gasteiger partial charge in [-0.3, -0.25) is 0 Å². The Morgan fingerprint density at radius 1 is 1.32 bits per heavy atom. The van der Waals surface area contributed by atoms with Crippen LogP contribution in [-0.2, 0) is 9.53 Å². The number of aliphatic hydroxyl groups is 3. The smallest absolute Gasteiger partial charge is 0.336 e. The number of esters is 1. The van der Waals surface area contributed by atoms with Gasteiger partial charge in [0.05, 0.1) is 18.3 Å². The quantitative estimate of drug-likeness (QED) is 0.411. The molecule has 0 amide bonds. The predicted octanol–water partition coefficient (Wildman–Crippen LogP) is 1.96. The predicted molar refractivity (Wildman–Crippen MR) is 93.6 cm³/mol. The lowest BCUT2D eigenvalue weighted by Gasteiger charge is -2.59. The summed E-state index contributed by atoms with van der Waals surface area (Å²) in [5.74, 6) is -0.0734. The Hall–Kier alpha value is -1.17. The van der Waals surface area contributed by atoms with Crippen LogP contribution in [0.2, 0.25) is 0 Å². The maximum absolute atomic E-state index is 11.8. The summed E-state index contributed by atoms with van der Waals surface area (Å²) in [6, 6.07) is 0. The summed E-state index contributed by atoms with van der Waals surface area (Å²) < 4.78 is 4.90. The molecule has 1 heterocycles.